The molecule has 0 aliphatic rings. The van der Waals surface area contributed by atoms with Crippen LogP contribution in [0.15, 0.2) is 41.0 Å². The van der Waals surface area contributed by atoms with Crippen LogP contribution in [0.3, 0.4) is 0 Å². The molecule has 1 aromatic heterocycles. The van der Waals surface area contributed by atoms with Gasteiger partial charge in [0.05, 0.1) is 0 Å². The molecule has 0 radical (unpaired) electrons. The Morgan fingerprint density at radius 1 is 1.28 bits per heavy atom. The minimum Gasteiger partial charge on any atom is -0.370 e. The van der Waals surface area contributed by atoms with Crippen molar-refractivity contribution in [3.8, 4) is 0 Å². The summed E-state index contributed by atoms with van der Waals surface area (Å²) >= 11 is 3.38. The van der Waals surface area contributed by atoms with E-state index in [1.807, 2.05) is 13.0 Å². The van der Waals surface area contributed by atoms with Gasteiger partial charge in [-0.1, -0.05) is 12.1 Å². The molecule has 0 saturated heterocycles. The lowest BCUT2D eigenvalue weighted by Gasteiger charge is -2.08. The number of aromatic nitrogens is 1. The lowest BCUT2D eigenvalue weighted by atomic mass is 10.1. The first-order valence-corrected chi connectivity index (χ1v) is 6.55. The van der Waals surface area contributed by atoms with Crippen LogP contribution >= 0.6 is 15.9 Å². The van der Waals surface area contributed by atoms with Gasteiger partial charge < -0.3 is 5.32 Å². The molecule has 0 aliphatic heterocycles. The van der Waals surface area contributed by atoms with Gasteiger partial charge in [-0.05, 0) is 58.6 Å². The summed E-state index contributed by atoms with van der Waals surface area (Å²) in [4.78, 5) is 4.31. The third-order valence-electron chi connectivity index (χ3n) is 2.66. The van der Waals surface area contributed by atoms with E-state index >= 15 is 0 Å². The number of hydrogen-bond acceptors (Lipinski definition) is 2. The Bertz CT molecular complexity index is 526. The van der Waals surface area contributed by atoms with Gasteiger partial charge in [0, 0.05) is 17.2 Å². The number of aryl methyl sites for hydroxylation is 1. The third-order valence-corrected chi connectivity index (χ3v) is 3.10. The maximum Gasteiger partial charge on any atom is 0.128 e. The fourth-order valence-electron chi connectivity index (χ4n) is 1.70. The Morgan fingerprint density at radius 3 is 2.67 bits per heavy atom. The van der Waals surface area contributed by atoms with Gasteiger partial charge in [-0.25, -0.2) is 9.37 Å². The molecule has 0 aliphatic carbocycles. The number of anilines is 1. The standard InChI is InChI=1S/C14H14BrFN2/c1-10-8-12(15)9-18-14(10)17-7-6-11-2-4-13(16)5-3-11/h2-5,8-9H,6-7H2,1H3,(H,17,18). The summed E-state index contributed by atoms with van der Waals surface area (Å²) in [6, 6.07) is 8.60. The van der Waals surface area contributed by atoms with Gasteiger partial charge in [-0.2, -0.15) is 0 Å². The van der Waals surface area contributed by atoms with E-state index < -0.39 is 0 Å². The van der Waals surface area contributed by atoms with Gasteiger partial charge >= 0.3 is 0 Å². The number of hydrogen-bond donors (Lipinski definition) is 1. The maximum absolute atomic E-state index is 12.7. The molecular formula is C14H14BrFN2. The molecule has 1 N–H and O–H groups in total. The van der Waals surface area contributed by atoms with E-state index in [0.29, 0.717) is 0 Å². The number of benzene rings is 1. The zero-order valence-electron chi connectivity index (χ0n) is 10.1. The number of nitrogens with zero attached hydrogens (tertiary/aromatic N) is 1. The fraction of sp³-hybridized carbons (Fsp3) is 0.214. The summed E-state index contributed by atoms with van der Waals surface area (Å²) in [5, 5.41) is 3.28. The summed E-state index contributed by atoms with van der Waals surface area (Å²) in [6.07, 6.45) is 2.62. The average molecular weight is 309 g/mol. The second-order valence-electron chi connectivity index (χ2n) is 4.12. The molecule has 0 atom stereocenters. The Kier molecular flexibility index (Phi) is 4.31. The van der Waals surface area contributed by atoms with E-state index in [9.17, 15) is 4.39 Å². The van der Waals surface area contributed by atoms with Crippen molar-refractivity contribution < 1.29 is 4.39 Å². The quantitative estimate of drug-likeness (QED) is 0.925. The molecule has 1 aromatic carbocycles. The largest absolute Gasteiger partial charge is 0.370 e. The predicted octanol–water partition coefficient (Wildman–Crippen LogP) is 3.95. The first-order valence-electron chi connectivity index (χ1n) is 5.75. The molecule has 0 fully saturated rings. The molecule has 0 unspecified atom stereocenters. The third kappa shape index (κ3) is 3.53. The van der Waals surface area contributed by atoms with Crippen LogP contribution in [0, 0.1) is 12.7 Å². The van der Waals surface area contributed by atoms with Crippen LogP contribution in [0.25, 0.3) is 0 Å². The zero-order valence-corrected chi connectivity index (χ0v) is 11.7. The average Bonchev–Trinajstić information content (AvgIpc) is 2.34. The number of pyridine rings is 1. The van der Waals surface area contributed by atoms with Crippen LogP contribution in [-0.4, -0.2) is 11.5 Å². The second kappa shape index (κ2) is 5.96. The zero-order chi connectivity index (χ0) is 13.0. The minimum absolute atomic E-state index is 0.197. The van der Waals surface area contributed by atoms with Crippen LogP contribution in [0.5, 0.6) is 0 Å². The predicted molar refractivity (Wildman–Crippen MR) is 75.3 cm³/mol. The molecule has 1 heterocycles. The van der Waals surface area contributed by atoms with Crippen molar-refractivity contribution in [2.45, 2.75) is 13.3 Å². The van der Waals surface area contributed by atoms with Crippen molar-refractivity contribution in [1.29, 1.82) is 0 Å². The van der Waals surface area contributed by atoms with Gasteiger partial charge in [-0.15, -0.1) is 0 Å². The molecule has 2 rings (SSSR count). The number of rotatable bonds is 4. The monoisotopic (exact) mass is 308 g/mol. The molecule has 0 amide bonds. The molecule has 2 nitrogen and oxygen atoms in total. The van der Waals surface area contributed by atoms with E-state index in [-0.39, 0.29) is 5.82 Å². The summed E-state index contributed by atoms with van der Waals surface area (Å²) in [6.45, 7) is 2.79. The Hall–Kier alpha value is -1.42. The molecule has 0 bridgehead atoms. The first kappa shape index (κ1) is 13.0. The summed E-state index contributed by atoms with van der Waals surface area (Å²) in [7, 11) is 0. The van der Waals surface area contributed by atoms with Crippen molar-refractivity contribution in [3.05, 3.63) is 57.9 Å². The molecule has 0 spiro atoms. The molecule has 18 heavy (non-hydrogen) atoms. The fourth-order valence-corrected chi connectivity index (χ4v) is 2.15. The Morgan fingerprint density at radius 2 is 2.00 bits per heavy atom. The Balaban J connectivity index is 1.90. The lowest BCUT2D eigenvalue weighted by molar-refractivity contribution is 0.627. The van der Waals surface area contributed by atoms with E-state index in [1.165, 1.54) is 12.1 Å². The minimum atomic E-state index is -0.197. The summed E-state index contributed by atoms with van der Waals surface area (Å²) in [5.41, 5.74) is 2.21. The van der Waals surface area contributed by atoms with Gasteiger partial charge in [0.15, 0.2) is 0 Å². The van der Waals surface area contributed by atoms with Crippen LogP contribution in [0.1, 0.15) is 11.1 Å². The number of halogens is 2. The molecule has 94 valence electrons. The van der Waals surface area contributed by atoms with Crippen LogP contribution in [0.4, 0.5) is 10.2 Å². The van der Waals surface area contributed by atoms with Gasteiger partial charge in [-0.3, -0.25) is 0 Å². The second-order valence-corrected chi connectivity index (χ2v) is 5.04. The van der Waals surface area contributed by atoms with E-state index in [4.69, 9.17) is 0 Å². The van der Waals surface area contributed by atoms with E-state index in [1.54, 1.807) is 18.3 Å². The van der Waals surface area contributed by atoms with Crippen LogP contribution < -0.4 is 5.32 Å². The van der Waals surface area contributed by atoms with Crippen molar-refractivity contribution in [2.75, 3.05) is 11.9 Å². The van der Waals surface area contributed by atoms with Gasteiger partial charge in [0.25, 0.3) is 0 Å². The smallest absolute Gasteiger partial charge is 0.128 e. The lowest BCUT2D eigenvalue weighted by Crippen LogP contribution is -2.07. The van der Waals surface area contributed by atoms with Crippen molar-refractivity contribution in [3.63, 3.8) is 0 Å². The highest BCUT2D eigenvalue weighted by Crippen LogP contribution is 2.16. The highest BCUT2D eigenvalue weighted by Gasteiger charge is 2.00. The number of nitrogens with one attached hydrogen (secondary N) is 1. The van der Waals surface area contributed by atoms with E-state index in [0.717, 1.165) is 34.4 Å². The maximum atomic E-state index is 12.7. The molecular weight excluding hydrogens is 295 g/mol. The topological polar surface area (TPSA) is 24.9 Å². The van der Waals surface area contributed by atoms with Crippen LogP contribution in [-0.2, 0) is 6.42 Å². The van der Waals surface area contributed by atoms with E-state index in [2.05, 4.69) is 26.2 Å². The molecule has 4 heteroatoms. The van der Waals surface area contributed by atoms with Crippen molar-refractivity contribution in [1.82, 2.24) is 4.98 Å². The van der Waals surface area contributed by atoms with Crippen molar-refractivity contribution >= 4 is 21.7 Å². The van der Waals surface area contributed by atoms with Gasteiger partial charge in [0.1, 0.15) is 11.6 Å². The first-order chi connectivity index (χ1) is 8.65. The van der Waals surface area contributed by atoms with Crippen molar-refractivity contribution in [2.24, 2.45) is 0 Å². The SMILES string of the molecule is Cc1cc(Br)cnc1NCCc1ccc(F)cc1. The highest BCUT2D eigenvalue weighted by atomic mass is 79.9. The van der Waals surface area contributed by atoms with Crippen LogP contribution in [0.2, 0.25) is 0 Å². The Labute approximate surface area is 114 Å². The highest BCUT2D eigenvalue weighted by molar-refractivity contribution is 9.10. The summed E-state index contributed by atoms with van der Waals surface area (Å²) < 4.78 is 13.7. The molecule has 2 aromatic rings. The summed E-state index contributed by atoms with van der Waals surface area (Å²) in [5.74, 6) is 0.692. The van der Waals surface area contributed by atoms with Gasteiger partial charge in [0.2, 0.25) is 0 Å². The normalized spacial score (nSPS) is 10.4. The molecule has 0 saturated carbocycles.